The summed E-state index contributed by atoms with van der Waals surface area (Å²) < 4.78 is 5.74. The van der Waals surface area contributed by atoms with Crippen LogP contribution < -0.4 is 0 Å². The van der Waals surface area contributed by atoms with Gasteiger partial charge >= 0.3 is 0 Å². The van der Waals surface area contributed by atoms with Gasteiger partial charge in [-0.1, -0.05) is 26.0 Å². The Labute approximate surface area is 92.0 Å². The third-order valence-electron chi connectivity index (χ3n) is 2.94. The molecule has 0 bridgehead atoms. The first-order chi connectivity index (χ1) is 7.07. The fourth-order valence-corrected chi connectivity index (χ4v) is 1.67. The van der Waals surface area contributed by atoms with Crippen LogP contribution in [0.15, 0.2) is 23.5 Å². The van der Waals surface area contributed by atoms with Crippen LogP contribution in [0.25, 0.3) is 0 Å². The lowest BCUT2D eigenvalue weighted by Crippen LogP contribution is -2.31. The topological polar surface area (TPSA) is 26.3 Å². The first-order valence-corrected chi connectivity index (χ1v) is 5.63. The number of carbonyl (C=O) groups is 1. The molecular weight excluding hydrogens is 188 g/mol. The van der Waals surface area contributed by atoms with Crippen molar-refractivity contribution in [2.24, 2.45) is 5.92 Å². The number of hydrogen-bond donors (Lipinski definition) is 0. The Morgan fingerprint density at radius 2 is 2.00 bits per heavy atom. The van der Waals surface area contributed by atoms with E-state index in [4.69, 9.17) is 4.74 Å². The summed E-state index contributed by atoms with van der Waals surface area (Å²) in [6.07, 6.45) is 5.92. The molecule has 1 rings (SSSR count). The Bertz CT molecular complexity index is 300. The fourth-order valence-electron chi connectivity index (χ4n) is 1.67. The van der Waals surface area contributed by atoms with E-state index in [9.17, 15) is 4.79 Å². The quantitative estimate of drug-likeness (QED) is 0.665. The second-order valence-corrected chi connectivity index (χ2v) is 4.11. The average molecular weight is 208 g/mol. The van der Waals surface area contributed by atoms with Gasteiger partial charge in [-0.2, -0.15) is 0 Å². The molecule has 0 saturated heterocycles. The van der Waals surface area contributed by atoms with Crippen molar-refractivity contribution < 1.29 is 9.53 Å². The van der Waals surface area contributed by atoms with Gasteiger partial charge in [-0.15, -0.1) is 0 Å². The minimum absolute atomic E-state index is 0.00577. The number of ketones is 1. The molecule has 0 fully saturated rings. The second-order valence-electron chi connectivity index (χ2n) is 4.11. The van der Waals surface area contributed by atoms with Gasteiger partial charge in [0.05, 0.1) is 5.92 Å². The highest BCUT2D eigenvalue weighted by Crippen LogP contribution is 2.27. The highest BCUT2D eigenvalue weighted by molar-refractivity contribution is 5.97. The number of ether oxygens (including phenoxy) is 1. The molecule has 1 aliphatic heterocycles. The van der Waals surface area contributed by atoms with Crippen molar-refractivity contribution in [2.75, 3.05) is 0 Å². The van der Waals surface area contributed by atoms with Crippen LogP contribution in [0.2, 0.25) is 0 Å². The molecule has 1 aliphatic rings. The molecule has 84 valence electrons. The predicted octanol–water partition coefficient (Wildman–Crippen LogP) is 3.24. The van der Waals surface area contributed by atoms with Gasteiger partial charge in [0, 0.05) is 12.0 Å². The smallest absolute Gasteiger partial charge is 0.168 e. The van der Waals surface area contributed by atoms with Gasteiger partial charge in [-0.3, -0.25) is 4.79 Å². The van der Waals surface area contributed by atoms with E-state index in [-0.39, 0.29) is 17.8 Å². The molecule has 0 radical (unpaired) electrons. The summed E-state index contributed by atoms with van der Waals surface area (Å²) in [6.45, 7) is 7.84. The highest BCUT2D eigenvalue weighted by atomic mass is 16.5. The third-order valence-corrected chi connectivity index (χ3v) is 2.94. The minimum atomic E-state index is -0.0103. The highest BCUT2D eigenvalue weighted by Gasteiger charge is 2.30. The van der Waals surface area contributed by atoms with Crippen LogP contribution in [0.3, 0.4) is 0 Å². The van der Waals surface area contributed by atoms with E-state index in [2.05, 4.69) is 19.1 Å². The number of allylic oxidation sites excluding steroid dienone is 3. The maximum atomic E-state index is 11.8. The Hall–Kier alpha value is -1.05. The summed E-state index contributed by atoms with van der Waals surface area (Å²) in [4.78, 5) is 11.8. The van der Waals surface area contributed by atoms with Crippen LogP contribution in [0, 0.1) is 5.92 Å². The zero-order valence-corrected chi connectivity index (χ0v) is 10.0. The molecule has 2 atom stereocenters. The molecule has 2 unspecified atom stereocenters. The van der Waals surface area contributed by atoms with Gasteiger partial charge in [0.25, 0.3) is 0 Å². The molecule has 0 aliphatic carbocycles. The van der Waals surface area contributed by atoms with Gasteiger partial charge < -0.3 is 4.74 Å². The van der Waals surface area contributed by atoms with Crippen molar-refractivity contribution in [3.05, 3.63) is 23.5 Å². The van der Waals surface area contributed by atoms with E-state index in [0.29, 0.717) is 0 Å². The standard InChI is InChI=1S/C13H20O2/c1-5-6-7-8-12-10(3)13(14)9(2)11(4)15-12/h6-7,9,11H,5,8H2,1-4H3. The predicted molar refractivity (Wildman–Crippen MR) is 61.5 cm³/mol. The van der Waals surface area contributed by atoms with E-state index < -0.39 is 0 Å². The van der Waals surface area contributed by atoms with Gasteiger partial charge in [0.2, 0.25) is 0 Å². The van der Waals surface area contributed by atoms with Crippen molar-refractivity contribution >= 4 is 5.78 Å². The maximum absolute atomic E-state index is 11.8. The van der Waals surface area contributed by atoms with Crippen LogP contribution in [-0.2, 0) is 9.53 Å². The first-order valence-electron chi connectivity index (χ1n) is 5.63. The Kier molecular flexibility index (Phi) is 4.13. The van der Waals surface area contributed by atoms with Crippen molar-refractivity contribution in [2.45, 2.75) is 46.6 Å². The van der Waals surface area contributed by atoms with Crippen molar-refractivity contribution in [1.82, 2.24) is 0 Å². The maximum Gasteiger partial charge on any atom is 0.168 e. The van der Waals surface area contributed by atoms with Crippen molar-refractivity contribution in [3.8, 4) is 0 Å². The average Bonchev–Trinajstić information content (AvgIpc) is 2.23. The first kappa shape index (κ1) is 12.0. The monoisotopic (exact) mass is 208 g/mol. The summed E-state index contributed by atoms with van der Waals surface area (Å²) in [5.41, 5.74) is 0.793. The van der Waals surface area contributed by atoms with Gasteiger partial charge in [0.15, 0.2) is 5.78 Å². The normalized spacial score (nSPS) is 27.3. The molecule has 0 N–H and O–H groups in total. The Morgan fingerprint density at radius 3 is 2.60 bits per heavy atom. The molecule has 2 heteroatoms. The van der Waals surface area contributed by atoms with Gasteiger partial charge in [-0.05, 0) is 20.3 Å². The lowest BCUT2D eigenvalue weighted by molar-refractivity contribution is -0.124. The molecule has 0 spiro atoms. The fraction of sp³-hybridized carbons (Fsp3) is 0.615. The molecule has 0 amide bonds. The number of rotatable bonds is 3. The lowest BCUT2D eigenvalue weighted by atomic mass is 9.91. The molecule has 0 saturated carbocycles. The van der Waals surface area contributed by atoms with E-state index in [1.54, 1.807) is 0 Å². The van der Waals surface area contributed by atoms with E-state index >= 15 is 0 Å². The molecule has 0 aromatic rings. The van der Waals surface area contributed by atoms with E-state index in [1.165, 1.54) is 0 Å². The number of Topliss-reactive ketones (excluding diaryl/α,β-unsaturated/α-hetero) is 1. The van der Waals surface area contributed by atoms with Crippen LogP contribution in [-0.4, -0.2) is 11.9 Å². The van der Waals surface area contributed by atoms with Gasteiger partial charge in [0.1, 0.15) is 11.9 Å². The Morgan fingerprint density at radius 1 is 1.33 bits per heavy atom. The zero-order valence-electron chi connectivity index (χ0n) is 10.0. The van der Waals surface area contributed by atoms with Crippen LogP contribution >= 0.6 is 0 Å². The molecule has 2 nitrogen and oxygen atoms in total. The molecule has 0 aromatic carbocycles. The van der Waals surface area contributed by atoms with Crippen LogP contribution in [0.5, 0.6) is 0 Å². The largest absolute Gasteiger partial charge is 0.494 e. The van der Waals surface area contributed by atoms with E-state index in [0.717, 1.165) is 24.2 Å². The summed E-state index contributed by atoms with van der Waals surface area (Å²) >= 11 is 0. The van der Waals surface area contributed by atoms with Gasteiger partial charge in [-0.25, -0.2) is 0 Å². The molecule has 0 aromatic heterocycles. The van der Waals surface area contributed by atoms with E-state index in [1.807, 2.05) is 20.8 Å². The van der Waals surface area contributed by atoms with Crippen molar-refractivity contribution in [3.63, 3.8) is 0 Å². The van der Waals surface area contributed by atoms with Crippen LogP contribution in [0.1, 0.15) is 40.5 Å². The molecule has 15 heavy (non-hydrogen) atoms. The minimum Gasteiger partial charge on any atom is -0.494 e. The second kappa shape index (κ2) is 5.15. The zero-order chi connectivity index (χ0) is 11.4. The number of carbonyl (C=O) groups excluding carboxylic acids is 1. The van der Waals surface area contributed by atoms with Crippen molar-refractivity contribution in [1.29, 1.82) is 0 Å². The third kappa shape index (κ3) is 2.71. The lowest BCUT2D eigenvalue weighted by Gasteiger charge is -2.28. The summed E-state index contributed by atoms with van der Waals surface area (Å²) in [5, 5.41) is 0. The summed E-state index contributed by atoms with van der Waals surface area (Å²) in [6, 6.07) is 0. The summed E-state index contributed by atoms with van der Waals surface area (Å²) in [5.74, 6) is 1.06. The Balaban J connectivity index is 2.78. The van der Waals surface area contributed by atoms with Crippen LogP contribution in [0.4, 0.5) is 0 Å². The summed E-state index contributed by atoms with van der Waals surface area (Å²) in [7, 11) is 0. The molecular formula is C13H20O2. The number of hydrogen-bond acceptors (Lipinski definition) is 2. The molecule has 1 heterocycles. The SMILES string of the molecule is CCC=CCC1=C(C)C(=O)C(C)C(C)O1.